The van der Waals surface area contributed by atoms with Gasteiger partial charge in [0.1, 0.15) is 5.37 Å². The summed E-state index contributed by atoms with van der Waals surface area (Å²) in [6.45, 7) is 9.07. The van der Waals surface area contributed by atoms with E-state index >= 15 is 0 Å². The zero-order valence-corrected chi connectivity index (χ0v) is 15.5. The van der Waals surface area contributed by atoms with Gasteiger partial charge in [-0.25, -0.2) is 4.79 Å². The third-order valence-corrected chi connectivity index (χ3v) is 5.80. The number of urea groups is 1. The fourth-order valence-corrected chi connectivity index (χ4v) is 4.58. The van der Waals surface area contributed by atoms with Crippen LogP contribution in [0.25, 0.3) is 0 Å². The summed E-state index contributed by atoms with van der Waals surface area (Å²) in [7, 11) is 0. The number of nitrogens with zero attached hydrogens (tertiary/aromatic N) is 1. The van der Waals surface area contributed by atoms with Gasteiger partial charge in [0, 0.05) is 18.0 Å². The maximum atomic E-state index is 12.9. The molecule has 1 fully saturated rings. The summed E-state index contributed by atoms with van der Waals surface area (Å²) in [4.78, 5) is 14.8. The van der Waals surface area contributed by atoms with Crippen molar-refractivity contribution in [3.8, 4) is 0 Å². The Morgan fingerprint density at radius 2 is 1.79 bits per heavy atom. The zero-order valence-electron chi connectivity index (χ0n) is 14.7. The lowest BCUT2D eigenvalue weighted by Crippen LogP contribution is -2.35. The maximum Gasteiger partial charge on any atom is 0.323 e. The maximum absolute atomic E-state index is 12.9. The van der Waals surface area contributed by atoms with Crippen LogP contribution in [0.15, 0.2) is 36.4 Å². The summed E-state index contributed by atoms with van der Waals surface area (Å²) in [5.41, 5.74) is 6.86. The first-order valence-corrected chi connectivity index (χ1v) is 9.35. The predicted molar refractivity (Wildman–Crippen MR) is 103 cm³/mol. The Balaban J connectivity index is 1.84. The summed E-state index contributed by atoms with van der Waals surface area (Å²) in [5.74, 6) is 0.970. The van der Waals surface area contributed by atoms with E-state index in [1.165, 1.54) is 16.7 Å². The number of nitrogens with one attached hydrogen (secondary N) is 1. The lowest BCUT2D eigenvalue weighted by atomic mass is 10.1. The standard InChI is InChI=1S/C20H24N2OS/c1-13-8-9-17(16(4)12-13)19-22(10-11-24-19)20(23)21-18-14(2)6-5-7-15(18)3/h5-9,12,19H,10-11H2,1-4H3,(H,21,23)/t19-/m1/s1. The summed E-state index contributed by atoms with van der Waals surface area (Å²) >= 11 is 1.84. The second-order valence-corrected chi connectivity index (χ2v) is 7.66. The molecule has 1 aliphatic rings. The van der Waals surface area contributed by atoms with Gasteiger partial charge in [-0.15, -0.1) is 11.8 Å². The highest BCUT2D eigenvalue weighted by atomic mass is 32.2. The van der Waals surface area contributed by atoms with Crippen LogP contribution < -0.4 is 5.32 Å². The Morgan fingerprint density at radius 1 is 1.08 bits per heavy atom. The molecule has 0 unspecified atom stereocenters. The molecule has 1 N–H and O–H groups in total. The summed E-state index contributed by atoms with van der Waals surface area (Å²) in [5, 5.41) is 3.22. The molecule has 0 saturated carbocycles. The van der Waals surface area contributed by atoms with Crippen molar-refractivity contribution in [3.63, 3.8) is 0 Å². The lowest BCUT2D eigenvalue weighted by molar-refractivity contribution is 0.214. The van der Waals surface area contributed by atoms with Gasteiger partial charge in [0.2, 0.25) is 0 Å². The number of anilines is 1. The van der Waals surface area contributed by atoms with Crippen molar-refractivity contribution in [2.75, 3.05) is 17.6 Å². The smallest absolute Gasteiger partial charge is 0.308 e. The molecule has 1 saturated heterocycles. The first kappa shape index (κ1) is 16.9. The van der Waals surface area contributed by atoms with Crippen molar-refractivity contribution < 1.29 is 4.79 Å². The van der Waals surface area contributed by atoms with Crippen molar-refractivity contribution in [1.29, 1.82) is 0 Å². The first-order valence-electron chi connectivity index (χ1n) is 8.30. The van der Waals surface area contributed by atoms with E-state index < -0.39 is 0 Å². The number of rotatable bonds is 2. The number of hydrogen-bond acceptors (Lipinski definition) is 2. The average Bonchev–Trinajstić information content (AvgIpc) is 3.00. The van der Waals surface area contributed by atoms with Gasteiger partial charge < -0.3 is 10.2 Å². The SMILES string of the molecule is Cc1ccc([C@H]2SCCN2C(=O)Nc2c(C)cccc2C)c(C)c1. The molecule has 3 rings (SSSR count). The molecule has 126 valence electrons. The van der Waals surface area contributed by atoms with Crippen LogP contribution in [0.3, 0.4) is 0 Å². The molecule has 2 aromatic rings. The van der Waals surface area contributed by atoms with Gasteiger partial charge in [0.05, 0.1) is 0 Å². The van der Waals surface area contributed by atoms with Crippen LogP contribution in [-0.2, 0) is 0 Å². The van der Waals surface area contributed by atoms with E-state index in [9.17, 15) is 4.79 Å². The molecule has 4 heteroatoms. The Labute approximate surface area is 148 Å². The van der Waals surface area contributed by atoms with E-state index in [0.29, 0.717) is 0 Å². The number of hydrogen-bond donors (Lipinski definition) is 1. The third-order valence-electron chi connectivity index (χ3n) is 4.56. The molecule has 0 bridgehead atoms. The predicted octanol–water partition coefficient (Wildman–Crippen LogP) is 5.20. The average molecular weight is 340 g/mol. The molecule has 1 heterocycles. The number of carbonyl (C=O) groups is 1. The largest absolute Gasteiger partial charge is 0.323 e. The van der Waals surface area contributed by atoms with Gasteiger partial charge in [0.15, 0.2) is 0 Å². The molecule has 2 amide bonds. The minimum absolute atomic E-state index is 0.0117. The summed E-state index contributed by atoms with van der Waals surface area (Å²) in [6.07, 6.45) is 0. The van der Waals surface area contributed by atoms with Gasteiger partial charge in [0.25, 0.3) is 0 Å². The Bertz CT molecular complexity index is 752. The molecule has 0 spiro atoms. The number of benzene rings is 2. The van der Waals surface area contributed by atoms with Crippen LogP contribution in [0, 0.1) is 27.7 Å². The van der Waals surface area contributed by atoms with E-state index in [0.717, 1.165) is 29.1 Å². The Morgan fingerprint density at radius 3 is 2.46 bits per heavy atom. The fraction of sp³-hybridized carbons (Fsp3) is 0.350. The molecule has 24 heavy (non-hydrogen) atoms. The number of carbonyl (C=O) groups excluding carboxylic acids is 1. The summed E-state index contributed by atoms with van der Waals surface area (Å²) in [6, 6.07) is 12.5. The van der Waals surface area contributed by atoms with Crippen LogP contribution >= 0.6 is 11.8 Å². The van der Waals surface area contributed by atoms with Crippen molar-refractivity contribution >= 4 is 23.5 Å². The van der Waals surface area contributed by atoms with E-state index in [2.05, 4.69) is 37.4 Å². The molecule has 1 atom stereocenters. The Kier molecular flexibility index (Phi) is 4.86. The highest BCUT2D eigenvalue weighted by Crippen LogP contribution is 2.40. The van der Waals surface area contributed by atoms with E-state index in [-0.39, 0.29) is 11.4 Å². The third kappa shape index (κ3) is 3.29. The summed E-state index contributed by atoms with van der Waals surface area (Å²) < 4.78 is 0. The molecular formula is C20H24N2OS. The number of thioether (sulfide) groups is 1. The van der Waals surface area contributed by atoms with Crippen molar-refractivity contribution in [1.82, 2.24) is 4.90 Å². The van der Waals surface area contributed by atoms with E-state index in [4.69, 9.17) is 0 Å². The lowest BCUT2D eigenvalue weighted by Gasteiger charge is -2.26. The first-order chi connectivity index (χ1) is 11.5. The fourth-order valence-electron chi connectivity index (χ4n) is 3.23. The van der Waals surface area contributed by atoms with Crippen molar-refractivity contribution in [3.05, 3.63) is 64.2 Å². The van der Waals surface area contributed by atoms with Gasteiger partial charge in [-0.2, -0.15) is 0 Å². The highest BCUT2D eigenvalue weighted by Gasteiger charge is 2.31. The van der Waals surface area contributed by atoms with Crippen LogP contribution in [0.1, 0.15) is 33.2 Å². The monoisotopic (exact) mass is 340 g/mol. The van der Waals surface area contributed by atoms with Crippen LogP contribution in [-0.4, -0.2) is 23.2 Å². The van der Waals surface area contributed by atoms with Gasteiger partial charge in [-0.1, -0.05) is 42.0 Å². The van der Waals surface area contributed by atoms with Gasteiger partial charge in [-0.05, 0) is 49.9 Å². The number of amides is 2. The number of para-hydroxylation sites is 1. The normalized spacial score (nSPS) is 17.2. The topological polar surface area (TPSA) is 32.3 Å². The minimum atomic E-state index is -0.0117. The van der Waals surface area contributed by atoms with Crippen LogP contribution in [0.5, 0.6) is 0 Å². The molecule has 3 nitrogen and oxygen atoms in total. The Hall–Kier alpha value is -1.94. The van der Waals surface area contributed by atoms with Crippen molar-refractivity contribution in [2.24, 2.45) is 0 Å². The van der Waals surface area contributed by atoms with Gasteiger partial charge >= 0.3 is 6.03 Å². The number of aryl methyl sites for hydroxylation is 4. The van der Waals surface area contributed by atoms with Crippen LogP contribution in [0.4, 0.5) is 10.5 Å². The minimum Gasteiger partial charge on any atom is -0.308 e. The molecule has 1 aliphatic heterocycles. The quantitative estimate of drug-likeness (QED) is 0.815. The molecule has 0 aromatic heterocycles. The van der Waals surface area contributed by atoms with Gasteiger partial charge in [-0.3, -0.25) is 0 Å². The molecule has 2 aromatic carbocycles. The second-order valence-electron chi connectivity index (χ2n) is 6.47. The van der Waals surface area contributed by atoms with Crippen molar-refractivity contribution in [2.45, 2.75) is 33.1 Å². The van der Waals surface area contributed by atoms with E-state index in [1.807, 2.05) is 48.7 Å². The van der Waals surface area contributed by atoms with E-state index in [1.54, 1.807) is 0 Å². The highest BCUT2D eigenvalue weighted by molar-refractivity contribution is 7.99. The molecule has 0 radical (unpaired) electrons. The van der Waals surface area contributed by atoms with Crippen LogP contribution in [0.2, 0.25) is 0 Å². The zero-order chi connectivity index (χ0) is 17.3. The molecule has 0 aliphatic carbocycles. The molecular weight excluding hydrogens is 316 g/mol. The second kappa shape index (κ2) is 6.89.